The molecule has 0 saturated heterocycles. The number of anilines is 1. The van der Waals surface area contributed by atoms with Gasteiger partial charge in [0.2, 0.25) is 0 Å². The third kappa shape index (κ3) is 2.86. The molecular weight excluding hydrogens is 238 g/mol. The predicted molar refractivity (Wildman–Crippen MR) is 79.0 cm³/mol. The van der Waals surface area contributed by atoms with Crippen LogP contribution in [0.1, 0.15) is 39.7 Å². The Bertz CT molecular complexity index is 449. The third-order valence-electron chi connectivity index (χ3n) is 3.73. The van der Waals surface area contributed by atoms with E-state index in [0.29, 0.717) is 12.1 Å². The molecule has 1 unspecified atom stereocenters. The molecule has 0 fully saturated rings. The van der Waals surface area contributed by atoms with E-state index in [1.807, 2.05) is 26.0 Å². The molecule has 3 nitrogen and oxygen atoms in total. The Morgan fingerprint density at radius 3 is 2.63 bits per heavy atom. The first-order valence-electron chi connectivity index (χ1n) is 7.00. The van der Waals surface area contributed by atoms with Gasteiger partial charge in [0, 0.05) is 23.3 Å². The van der Waals surface area contributed by atoms with Crippen molar-refractivity contribution in [2.24, 2.45) is 0 Å². The van der Waals surface area contributed by atoms with Crippen LogP contribution >= 0.6 is 0 Å². The van der Waals surface area contributed by atoms with Crippen LogP contribution in [0.15, 0.2) is 18.2 Å². The van der Waals surface area contributed by atoms with Gasteiger partial charge < -0.3 is 14.7 Å². The lowest BCUT2D eigenvalue weighted by Crippen LogP contribution is -2.42. The van der Waals surface area contributed by atoms with Gasteiger partial charge in [-0.3, -0.25) is 0 Å². The number of hydrogen-bond donors (Lipinski definition) is 1. The van der Waals surface area contributed by atoms with Crippen molar-refractivity contribution in [1.29, 1.82) is 0 Å². The summed E-state index contributed by atoms with van der Waals surface area (Å²) in [6.45, 7) is 8.16. The highest BCUT2D eigenvalue weighted by Gasteiger charge is 2.35. The average molecular weight is 263 g/mol. The van der Waals surface area contributed by atoms with Gasteiger partial charge in [-0.05, 0) is 52.7 Å². The highest BCUT2D eigenvalue weighted by atomic mass is 16.5. The fourth-order valence-corrected chi connectivity index (χ4v) is 3.17. The quantitative estimate of drug-likeness (QED) is 0.906. The van der Waals surface area contributed by atoms with E-state index in [0.717, 1.165) is 18.6 Å². The molecule has 1 aliphatic rings. The molecule has 1 atom stereocenters. The minimum absolute atomic E-state index is 0.339. The molecular formula is C16H25NO2. The first kappa shape index (κ1) is 14.2. The van der Waals surface area contributed by atoms with Gasteiger partial charge in [0.05, 0.1) is 12.7 Å². The van der Waals surface area contributed by atoms with E-state index in [4.69, 9.17) is 4.74 Å². The predicted octanol–water partition coefficient (Wildman–Crippen LogP) is 3.00. The lowest BCUT2D eigenvalue weighted by atomic mass is 9.96. The Kier molecular flexibility index (Phi) is 3.77. The molecule has 1 N–H and O–H groups in total. The van der Waals surface area contributed by atoms with Crippen molar-refractivity contribution in [1.82, 2.24) is 0 Å². The van der Waals surface area contributed by atoms with Crippen molar-refractivity contribution in [3.8, 4) is 5.75 Å². The Labute approximate surface area is 116 Å². The molecule has 2 rings (SSSR count). The minimum atomic E-state index is -0.646. The second-order valence-corrected chi connectivity index (χ2v) is 6.33. The summed E-state index contributed by atoms with van der Waals surface area (Å²) >= 11 is 0. The molecule has 1 heterocycles. The molecule has 1 aliphatic heterocycles. The largest absolute Gasteiger partial charge is 0.496 e. The van der Waals surface area contributed by atoms with Gasteiger partial charge in [0.1, 0.15) is 5.75 Å². The molecule has 1 aromatic carbocycles. The fourth-order valence-electron chi connectivity index (χ4n) is 3.17. The molecule has 19 heavy (non-hydrogen) atoms. The van der Waals surface area contributed by atoms with Gasteiger partial charge in [-0.25, -0.2) is 0 Å². The molecule has 106 valence electrons. The SMILES string of the molecule is COc1cccc2c1CC(CC(C)(C)O)N2C(C)C. The minimum Gasteiger partial charge on any atom is -0.496 e. The molecule has 1 aromatic rings. The zero-order valence-corrected chi connectivity index (χ0v) is 12.6. The maximum absolute atomic E-state index is 10.1. The van der Waals surface area contributed by atoms with Crippen molar-refractivity contribution in [2.45, 2.75) is 58.2 Å². The molecule has 0 bridgehead atoms. The van der Waals surface area contributed by atoms with Gasteiger partial charge >= 0.3 is 0 Å². The van der Waals surface area contributed by atoms with E-state index in [-0.39, 0.29) is 0 Å². The number of ether oxygens (including phenoxy) is 1. The second-order valence-electron chi connectivity index (χ2n) is 6.33. The van der Waals surface area contributed by atoms with Crippen LogP contribution in [0, 0.1) is 0 Å². The first-order chi connectivity index (χ1) is 8.83. The van der Waals surface area contributed by atoms with Crippen LogP contribution in [-0.4, -0.2) is 29.9 Å². The molecule has 0 radical (unpaired) electrons. The summed E-state index contributed by atoms with van der Waals surface area (Å²) in [5.74, 6) is 0.960. The molecule has 0 aromatic heterocycles. The molecule has 0 spiro atoms. The van der Waals surface area contributed by atoms with Crippen molar-refractivity contribution < 1.29 is 9.84 Å². The van der Waals surface area contributed by atoms with Crippen LogP contribution in [0.3, 0.4) is 0 Å². The lowest BCUT2D eigenvalue weighted by molar-refractivity contribution is 0.0629. The maximum Gasteiger partial charge on any atom is 0.124 e. The van der Waals surface area contributed by atoms with E-state index in [9.17, 15) is 5.11 Å². The fraction of sp³-hybridized carbons (Fsp3) is 0.625. The summed E-state index contributed by atoms with van der Waals surface area (Å²) in [4.78, 5) is 2.41. The summed E-state index contributed by atoms with van der Waals surface area (Å²) in [5, 5.41) is 10.1. The summed E-state index contributed by atoms with van der Waals surface area (Å²) in [5.41, 5.74) is 1.88. The van der Waals surface area contributed by atoms with Gasteiger partial charge in [-0.1, -0.05) is 6.07 Å². The zero-order valence-electron chi connectivity index (χ0n) is 12.6. The average Bonchev–Trinajstić information content (AvgIpc) is 2.63. The first-order valence-corrected chi connectivity index (χ1v) is 7.00. The van der Waals surface area contributed by atoms with Crippen molar-refractivity contribution >= 4 is 5.69 Å². The number of benzene rings is 1. The lowest BCUT2D eigenvalue weighted by Gasteiger charge is -2.34. The van der Waals surface area contributed by atoms with Crippen molar-refractivity contribution in [3.05, 3.63) is 23.8 Å². The van der Waals surface area contributed by atoms with Crippen molar-refractivity contribution in [2.75, 3.05) is 12.0 Å². The van der Waals surface area contributed by atoms with Crippen LogP contribution in [-0.2, 0) is 6.42 Å². The monoisotopic (exact) mass is 263 g/mol. The summed E-state index contributed by atoms with van der Waals surface area (Å²) in [7, 11) is 1.72. The number of hydrogen-bond acceptors (Lipinski definition) is 3. The molecule has 0 amide bonds. The van der Waals surface area contributed by atoms with E-state index >= 15 is 0 Å². The van der Waals surface area contributed by atoms with E-state index < -0.39 is 5.60 Å². The Morgan fingerprint density at radius 1 is 1.42 bits per heavy atom. The van der Waals surface area contributed by atoms with E-state index in [2.05, 4.69) is 24.8 Å². The van der Waals surface area contributed by atoms with Gasteiger partial charge in [0.15, 0.2) is 0 Å². The van der Waals surface area contributed by atoms with Crippen LogP contribution in [0.25, 0.3) is 0 Å². The van der Waals surface area contributed by atoms with E-state index in [1.165, 1.54) is 11.3 Å². The van der Waals surface area contributed by atoms with Crippen LogP contribution < -0.4 is 9.64 Å². The van der Waals surface area contributed by atoms with E-state index in [1.54, 1.807) is 7.11 Å². The van der Waals surface area contributed by atoms with Crippen molar-refractivity contribution in [3.63, 3.8) is 0 Å². The number of rotatable bonds is 4. The smallest absolute Gasteiger partial charge is 0.124 e. The topological polar surface area (TPSA) is 32.7 Å². The highest BCUT2D eigenvalue weighted by Crippen LogP contribution is 2.41. The highest BCUT2D eigenvalue weighted by molar-refractivity contribution is 5.65. The summed E-state index contributed by atoms with van der Waals surface area (Å²) in [6, 6.07) is 6.97. The second kappa shape index (κ2) is 5.04. The molecule has 0 saturated carbocycles. The number of aliphatic hydroxyl groups is 1. The maximum atomic E-state index is 10.1. The number of nitrogens with zero attached hydrogens (tertiary/aromatic N) is 1. The Morgan fingerprint density at radius 2 is 2.11 bits per heavy atom. The van der Waals surface area contributed by atoms with Crippen LogP contribution in [0.4, 0.5) is 5.69 Å². The Hall–Kier alpha value is -1.22. The van der Waals surface area contributed by atoms with Crippen LogP contribution in [0.5, 0.6) is 5.75 Å². The van der Waals surface area contributed by atoms with Crippen LogP contribution in [0.2, 0.25) is 0 Å². The van der Waals surface area contributed by atoms with Gasteiger partial charge in [-0.2, -0.15) is 0 Å². The Balaban J connectivity index is 2.36. The molecule has 3 heteroatoms. The third-order valence-corrected chi connectivity index (χ3v) is 3.73. The number of methoxy groups -OCH3 is 1. The van der Waals surface area contributed by atoms with Gasteiger partial charge in [-0.15, -0.1) is 0 Å². The zero-order chi connectivity index (χ0) is 14.2. The molecule has 0 aliphatic carbocycles. The summed E-state index contributed by atoms with van der Waals surface area (Å²) < 4.78 is 5.47. The normalized spacial score (nSPS) is 18.9. The van der Waals surface area contributed by atoms with Gasteiger partial charge in [0.25, 0.3) is 0 Å². The standard InChI is InChI=1S/C16H25NO2/c1-11(2)17-12(10-16(3,4)18)9-13-14(17)7-6-8-15(13)19-5/h6-8,11-12,18H,9-10H2,1-5H3. The summed E-state index contributed by atoms with van der Waals surface area (Å²) in [6.07, 6.45) is 1.71. The number of fused-ring (bicyclic) bond motifs is 1.